The lowest BCUT2D eigenvalue weighted by Gasteiger charge is -2.04. The summed E-state index contributed by atoms with van der Waals surface area (Å²) in [5, 5.41) is 8.62. The van der Waals surface area contributed by atoms with Crippen molar-refractivity contribution in [2.45, 2.75) is 6.92 Å². The molecule has 0 fully saturated rings. The predicted octanol–water partition coefficient (Wildman–Crippen LogP) is 0.333. The average Bonchev–Trinajstić information content (AvgIpc) is 2.10. The highest BCUT2D eigenvalue weighted by molar-refractivity contribution is 5.88. The Morgan fingerprint density at radius 3 is 2.40 bits per heavy atom. The lowest BCUT2D eigenvalue weighted by atomic mass is 10.2. The van der Waals surface area contributed by atoms with Crippen LogP contribution in [-0.4, -0.2) is 36.1 Å². The Morgan fingerprint density at radius 2 is 2.20 bits per heavy atom. The number of carbonyl (C=O) groups is 1. The van der Waals surface area contributed by atoms with E-state index in [0.29, 0.717) is 12.1 Å². The van der Waals surface area contributed by atoms with E-state index in [2.05, 4.69) is 0 Å². The van der Waals surface area contributed by atoms with Crippen LogP contribution >= 0.6 is 0 Å². The molecule has 0 aliphatic carbocycles. The second kappa shape index (κ2) is 2.42. The van der Waals surface area contributed by atoms with E-state index in [1.807, 2.05) is 18.9 Å². The van der Waals surface area contributed by atoms with Gasteiger partial charge < -0.3 is 5.11 Å². The minimum absolute atomic E-state index is 0.558. The number of likely N-dealkylation sites (N-methyl/N-ethyl adjacent to an activating group) is 1. The Bertz CT molecular complexity index is 196. The summed E-state index contributed by atoms with van der Waals surface area (Å²) in [5.41, 5.74) is 1.54. The first-order valence-corrected chi connectivity index (χ1v) is 3.21. The third-order valence-corrected chi connectivity index (χ3v) is 1.71. The Hall–Kier alpha value is -0.830. The van der Waals surface area contributed by atoms with E-state index in [4.69, 9.17) is 5.11 Å². The number of carboxylic acid groups (broad SMARTS) is 1. The SMILES string of the molecule is CC1=C(C(=O)O)CN(C)C1. The van der Waals surface area contributed by atoms with Crippen molar-refractivity contribution in [2.75, 3.05) is 20.1 Å². The largest absolute Gasteiger partial charge is 0.478 e. The van der Waals surface area contributed by atoms with Crippen molar-refractivity contribution >= 4 is 5.97 Å². The maximum Gasteiger partial charge on any atom is 0.332 e. The molecular weight excluding hydrogens is 130 g/mol. The highest BCUT2D eigenvalue weighted by Crippen LogP contribution is 2.14. The summed E-state index contributed by atoms with van der Waals surface area (Å²) < 4.78 is 0. The number of carboxylic acids is 1. The first-order valence-electron chi connectivity index (χ1n) is 3.21. The van der Waals surface area contributed by atoms with Gasteiger partial charge in [-0.2, -0.15) is 0 Å². The van der Waals surface area contributed by atoms with Crippen molar-refractivity contribution in [3.05, 3.63) is 11.1 Å². The van der Waals surface area contributed by atoms with E-state index in [9.17, 15) is 4.79 Å². The summed E-state index contributed by atoms with van der Waals surface area (Å²) in [7, 11) is 1.92. The zero-order chi connectivity index (χ0) is 7.72. The van der Waals surface area contributed by atoms with Gasteiger partial charge in [-0.15, -0.1) is 0 Å². The molecule has 10 heavy (non-hydrogen) atoms. The molecule has 0 saturated carbocycles. The number of hydrogen-bond donors (Lipinski definition) is 1. The molecule has 0 bridgehead atoms. The van der Waals surface area contributed by atoms with Gasteiger partial charge in [0.25, 0.3) is 0 Å². The Morgan fingerprint density at radius 1 is 1.60 bits per heavy atom. The van der Waals surface area contributed by atoms with E-state index in [1.54, 1.807) is 0 Å². The fourth-order valence-corrected chi connectivity index (χ4v) is 1.21. The highest BCUT2D eigenvalue weighted by Gasteiger charge is 2.20. The van der Waals surface area contributed by atoms with Crippen LogP contribution in [0.4, 0.5) is 0 Å². The molecule has 0 saturated heterocycles. The van der Waals surface area contributed by atoms with Gasteiger partial charge in [-0.3, -0.25) is 4.90 Å². The fourth-order valence-electron chi connectivity index (χ4n) is 1.21. The molecule has 0 unspecified atom stereocenters. The molecule has 0 aromatic heterocycles. The van der Waals surface area contributed by atoms with Crippen LogP contribution in [0.1, 0.15) is 6.92 Å². The molecule has 0 radical (unpaired) electrons. The van der Waals surface area contributed by atoms with Gasteiger partial charge in [0, 0.05) is 13.1 Å². The molecule has 56 valence electrons. The second-order valence-electron chi connectivity index (χ2n) is 2.74. The van der Waals surface area contributed by atoms with Crippen molar-refractivity contribution in [2.24, 2.45) is 0 Å². The Balaban J connectivity index is 2.76. The molecule has 0 aromatic carbocycles. The van der Waals surface area contributed by atoms with E-state index in [0.717, 1.165) is 12.1 Å². The number of rotatable bonds is 1. The molecule has 1 aliphatic heterocycles. The minimum Gasteiger partial charge on any atom is -0.478 e. The van der Waals surface area contributed by atoms with Crippen LogP contribution in [0.3, 0.4) is 0 Å². The zero-order valence-corrected chi connectivity index (χ0v) is 6.22. The lowest BCUT2D eigenvalue weighted by Crippen LogP contribution is -2.16. The van der Waals surface area contributed by atoms with Crippen molar-refractivity contribution in [1.29, 1.82) is 0 Å². The van der Waals surface area contributed by atoms with Crippen LogP contribution in [0.2, 0.25) is 0 Å². The summed E-state index contributed by atoms with van der Waals surface area (Å²) in [5.74, 6) is -0.776. The van der Waals surface area contributed by atoms with Crippen LogP contribution in [0.25, 0.3) is 0 Å². The van der Waals surface area contributed by atoms with E-state index in [-0.39, 0.29) is 0 Å². The van der Waals surface area contributed by atoms with Crippen LogP contribution in [0, 0.1) is 0 Å². The highest BCUT2D eigenvalue weighted by atomic mass is 16.4. The molecule has 1 rings (SSSR count). The van der Waals surface area contributed by atoms with Gasteiger partial charge in [-0.25, -0.2) is 4.79 Å². The van der Waals surface area contributed by atoms with Gasteiger partial charge in [-0.1, -0.05) is 0 Å². The Labute approximate surface area is 59.9 Å². The quantitative estimate of drug-likeness (QED) is 0.572. The third kappa shape index (κ3) is 1.19. The van der Waals surface area contributed by atoms with E-state index < -0.39 is 5.97 Å². The van der Waals surface area contributed by atoms with Crippen LogP contribution < -0.4 is 0 Å². The maximum absolute atomic E-state index is 10.5. The number of aliphatic carboxylic acids is 1. The Kier molecular flexibility index (Phi) is 1.76. The second-order valence-corrected chi connectivity index (χ2v) is 2.74. The first kappa shape index (κ1) is 7.28. The summed E-state index contributed by atoms with van der Waals surface area (Å²) in [6.45, 7) is 3.25. The van der Waals surface area contributed by atoms with Gasteiger partial charge in [0.15, 0.2) is 0 Å². The fraction of sp³-hybridized carbons (Fsp3) is 0.571. The van der Waals surface area contributed by atoms with Gasteiger partial charge in [-0.05, 0) is 19.5 Å². The van der Waals surface area contributed by atoms with Gasteiger partial charge in [0.1, 0.15) is 0 Å². The number of nitrogens with zero attached hydrogens (tertiary/aromatic N) is 1. The first-order chi connectivity index (χ1) is 4.61. The molecule has 0 amide bonds. The summed E-state index contributed by atoms with van der Waals surface area (Å²) in [6.07, 6.45) is 0. The molecule has 0 atom stereocenters. The monoisotopic (exact) mass is 141 g/mol. The van der Waals surface area contributed by atoms with Gasteiger partial charge in [0.2, 0.25) is 0 Å². The van der Waals surface area contributed by atoms with Crippen molar-refractivity contribution in [1.82, 2.24) is 4.90 Å². The lowest BCUT2D eigenvalue weighted by molar-refractivity contribution is -0.132. The summed E-state index contributed by atoms with van der Waals surface area (Å²) >= 11 is 0. The van der Waals surface area contributed by atoms with Crippen LogP contribution in [-0.2, 0) is 4.79 Å². The molecule has 1 N–H and O–H groups in total. The van der Waals surface area contributed by atoms with Crippen molar-refractivity contribution in [3.8, 4) is 0 Å². The van der Waals surface area contributed by atoms with Gasteiger partial charge >= 0.3 is 5.97 Å². The minimum atomic E-state index is -0.776. The normalized spacial score (nSPS) is 20.2. The number of hydrogen-bond acceptors (Lipinski definition) is 2. The molecule has 0 spiro atoms. The molecular formula is C7H11NO2. The topological polar surface area (TPSA) is 40.5 Å². The summed E-state index contributed by atoms with van der Waals surface area (Å²) in [6, 6.07) is 0. The average molecular weight is 141 g/mol. The van der Waals surface area contributed by atoms with Crippen molar-refractivity contribution in [3.63, 3.8) is 0 Å². The molecule has 3 nitrogen and oxygen atoms in total. The van der Waals surface area contributed by atoms with Crippen LogP contribution in [0.5, 0.6) is 0 Å². The predicted molar refractivity (Wildman–Crippen MR) is 37.8 cm³/mol. The molecule has 1 heterocycles. The molecule has 3 heteroatoms. The molecule has 0 aromatic rings. The van der Waals surface area contributed by atoms with Gasteiger partial charge in [0.05, 0.1) is 5.57 Å². The van der Waals surface area contributed by atoms with Crippen LogP contribution in [0.15, 0.2) is 11.1 Å². The standard InChI is InChI=1S/C7H11NO2/c1-5-3-8(2)4-6(5)7(9)10/h3-4H2,1-2H3,(H,9,10). The summed E-state index contributed by atoms with van der Waals surface area (Å²) in [4.78, 5) is 12.5. The van der Waals surface area contributed by atoms with E-state index >= 15 is 0 Å². The van der Waals surface area contributed by atoms with Crippen molar-refractivity contribution < 1.29 is 9.90 Å². The third-order valence-electron chi connectivity index (χ3n) is 1.71. The van der Waals surface area contributed by atoms with E-state index in [1.165, 1.54) is 0 Å². The molecule has 1 aliphatic rings. The zero-order valence-electron chi connectivity index (χ0n) is 6.22. The smallest absolute Gasteiger partial charge is 0.332 e. The maximum atomic E-state index is 10.5.